The third kappa shape index (κ3) is 5.94. The molecule has 1 heterocycles. The second-order valence-corrected chi connectivity index (χ2v) is 6.99. The van der Waals surface area contributed by atoms with Crippen molar-refractivity contribution in [2.24, 2.45) is 0 Å². The summed E-state index contributed by atoms with van der Waals surface area (Å²) < 4.78 is 5.24. The molecule has 27 heavy (non-hydrogen) atoms. The fourth-order valence-corrected chi connectivity index (χ4v) is 3.39. The molecule has 2 aromatic rings. The average Bonchev–Trinajstić information content (AvgIpc) is 2.97. The minimum Gasteiger partial charge on any atom is -0.497 e. The Morgan fingerprint density at radius 3 is 2.63 bits per heavy atom. The van der Waals surface area contributed by atoms with E-state index in [0.717, 1.165) is 31.6 Å². The van der Waals surface area contributed by atoms with Gasteiger partial charge in [-0.25, -0.2) is 0 Å². The lowest BCUT2D eigenvalue weighted by Gasteiger charge is -2.15. The number of ether oxygens (including phenoxy) is 1. The van der Waals surface area contributed by atoms with Gasteiger partial charge in [-0.2, -0.15) is 0 Å². The van der Waals surface area contributed by atoms with Crippen LogP contribution in [0.1, 0.15) is 54.6 Å². The average molecular weight is 368 g/mol. The Morgan fingerprint density at radius 1 is 1.11 bits per heavy atom. The Kier molecular flexibility index (Phi) is 7.02. The molecule has 6 nitrogen and oxygen atoms in total. The summed E-state index contributed by atoms with van der Waals surface area (Å²) in [4.78, 5) is 12.4. The quantitative estimate of drug-likeness (QED) is 0.731. The van der Waals surface area contributed by atoms with Gasteiger partial charge in [0, 0.05) is 12.6 Å². The lowest BCUT2D eigenvalue weighted by Crippen LogP contribution is -2.35. The molecule has 1 amide bonds. The monoisotopic (exact) mass is 368 g/mol. The van der Waals surface area contributed by atoms with Crippen LogP contribution in [-0.4, -0.2) is 35.8 Å². The van der Waals surface area contributed by atoms with E-state index in [2.05, 4.69) is 26.9 Å². The number of anilines is 1. The second kappa shape index (κ2) is 9.90. The molecular weight excluding hydrogens is 340 g/mol. The van der Waals surface area contributed by atoms with Gasteiger partial charge in [-0.1, -0.05) is 37.8 Å². The topological polar surface area (TPSA) is 76.1 Å². The van der Waals surface area contributed by atoms with E-state index < -0.39 is 0 Å². The summed E-state index contributed by atoms with van der Waals surface area (Å²) in [5.74, 6) is 1.40. The molecule has 1 aliphatic carbocycles. The number of rotatable bonds is 7. The van der Waals surface area contributed by atoms with Crippen LogP contribution >= 0.6 is 0 Å². The predicted molar refractivity (Wildman–Crippen MR) is 106 cm³/mol. The lowest BCUT2D eigenvalue weighted by atomic mass is 10.1. The molecule has 1 aromatic heterocycles. The minimum absolute atomic E-state index is 0.127. The van der Waals surface area contributed by atoms with Crippen molar-refractivity contribution in [3.63, 3.8) is 0 Å². The van der Waals surface area contributed by atoms with Crippen LogP contribution in [0.5, 0.6) is 5.75 Å². The summed E-state index contributed by atoms with van der Waals surface area (Å²) in [6, 6.07) is 11.8. The Bertz CT molecular complexity index is 725. The van der Waals surface area contributed by atoms with E-state index in [1.165, 1.54) is 31.2 Å². The smallest absolute Gasteiger partial charge is 0.272 e. The zero-order valence-electron chi connectivity index (χ0n) is 15.9. The SMILES string of the molecule is COc1cccc(CCNc2ccc(C(=O)NC3CCCCCC3)nn2)c1. The Labute approximate surface area is 160 Å². The largest absolute Gasteiger partial charge is 0.497 e. The van der Waals surface area contributed by atoms with Gasteiger partial charge >= 0.3 is 0 Å². The van der Waals surface area contributed by atoms with E-state index in [1.54, 1.807) is 19.2 Å². The first-order valence-corrected chi connectivity index (χ1v) is 9.76. The third-order valence-electron chi connectivity index (χ3n) is 4.94. The van der Waals surface area contributed by atoms with Crippen LogP contribution in [0.2, 0.25) is 0 Å². The second-order valence-electron chi connectivity index (χ2n) is 6.99. The van der Waals surface area contributed by atoms with Crippen molar-refractivity contribution in [1.29, 1.82) is 0 Å². The molecule has 1 aliphatic rings. The van der Waals surface area contributed by atoms with Gasteiger partial charge in [0.1, 0.15) is 11.6 Å². The van der Waals surface area contributed by atoms with Crippen molar-refractivity contribution in [2.45, 2.75) is 51.0 Å². The van der Waals surface area contributed by atoms with E-state index in [4.69, 9.17) is 4.74 Å². The number of nitrogens with one attached hydrogen (secondary N) is 2. The first-order chi connectivity index (χ1) is 13.2. The van der Waals surface area contributed by atoms with Gasteiger partial charge in [0.2, 0.25) is 0 Å². The summed E-state index contributed by atoms with van der Waals surface area (Å²) in [5, 5.41) is 14.5. The highest BCUT2D eigenvalue weighted by atomic mass is 16.5. The summed E-state index contributed by atoms with van der Waals surface area (Å²) >= 11 is 0. The zero-order valence-corrected chi connectivity index (χ0v) is 15.9. The number of nitrogens with zero attached hydrogens (tertiary/aromatic N) is 2. The van der Waals surface area contributed by atoms with Gasteiger partial charge in [0.25, 0.3) is 5.91 Å². The number of benzene rings is 1. The predicted octanol–water partition coefficient (Wildman–Crippen LogP) is 3.59. The minimum atomic E-state index is -0.127. The van der Waals surface area contributed by atoms with Crippen molar-refractivity contribution >= 4 is 11.7 Å². The molecule has 0 bridgehead atoms. The summed E-state index contributed by atoms with van der Waals surface area (Å²) in [6.07, 6.45) is 7.87. The molecule has 1 saturated carbocycles. The molecule has 3 rings (SSSR count). The van der Waals surface area contributed by atoms with E-state index in [1.807, 2.05) is 18.2 Å². The molecule has 1 aromatic carbocycles. The maximum Gasteiger partial charge on any atom is 0.272 e. The van der Waals surface area contributed by atoms with Crippen molar-refractivity contribution in [3.05, 3.63) is 47.7 Å². The Hall–Kier alpha value is -2.63. The summed E-state index contributed by atoms with van der Waals surface area (Å²) in [7, 11) is 1.67. The van der Waals surface area contributed by atoms with Crippen LogP contribution in [-0.2, 0) is 6.42 Å². The highest BCUT2D eigenvalue weighted by Gasteiger charge is 2.16. The fourth-order valence-electron chi connectivity index (χ4n) is 3.39. The molecule has 0 saturated heterocycles. The number of carbonyl (C=O) groups excluding carboxylic acids is 1. The fraction of sp³-hybridized carbons (Fsp3) is 0.476. The number of methoxy groups -OCH3 is 1. The van der Waals surface area contributed by atoms with E-state index in [-0.39, 0.29) is 11.9 Å². The molecule has 0 unspecified atom stereocenters. The number of hydrogen-bond donors (Lipinski definition) is 2. The van der Waals surface area contributed by atoms with Crippen molar-refractivity contribution in [2.75, 3.05) is 19.0 Å². The third-order valence-corrected chi connectivity index (χ3v) is 4.94. The molecule has 0 radical (unpaired) electrons. The normalized spacial score (nSPS) is 15.0. The number of aromatic nitrogens is 2. The van der Waals surface area contributed by atoms with E-state index in [0.29, 0.717) is 11.5 Å². The maximum absolute atomic E-state index is 12.4. The van der Waals surface area contributed by atoms with Crippen molar-refractivity contribution in [1.82, 2.24) is 15.5 Å². The molecule has 6 heteroatoms. The van der Waals surface area contributed by atoms with E-state index >= 15 is 0 Å². The molecule has 144 valence electrons. The lowest BCUT2D eigenvalue weighted by molar-refractivity contribution is 0.0927. The van der Waals surface area contributed by atoms with Crippen LogP contribution in [0, 0.1) is 0 Å². The van der Waals surface area contributed by atoms with Gasteiger partial charge in [-0.15, -0.1) is 10.2 Å². The molecule has 0 aliphatic heterocycles. The highest BCUT2D eigenvalue weighted by Crippen LogP contribution is 2.17. The molecule has 2 N–H and O–H groups in total. The van der Waals surface area contributed by atoms with Crippen LogP contribution < -0.4 is 15.4 Å². The maximum atomic E-state index is 12.4. The standard InChI is InChI=1S/C21H28N4O2/c1-27-18-10-6-7-16(15-18)13-14-22-20-12-11-19(24-25-20)21(26)23-17-8-4-2-3-5-9-17/h6-7,10-12,15,17H,2-5,8-9,13-14H2,1H3,(H,22,25)(H,23,26). The first kappa shape index (κ1) is 19.1. The zero-order chi connectivity index (χ0) is 18.9. The molecule has 0 spiro atoms. The van der Waals surface area contributed by atoms with Crippen LogP contribution in [0.25, 0.3) is 0 Å². The van der Waals surface area contributed by atoms with Gasteiger partial charge in [-0.3, -0.25) is 4.79 Å². The molecule has 1 fully saturated rings. The Morgan fingerprint density at radius 2 is 1.93 bits per heavy atom. The van der Waals surface area contributed by atoms with Crippen LogP contribution in [0.15, 0.2) is 36.4 Å². The highest BCUT2D eigenvalue weighted by molar-refractivity contribution is 5.92. The van der Waals surface area contributed by atoms with Gasteiger partial charge < -0.3 is 15.4 Å². The van der Waals surface area contributed by atoms with Gasteiger partial charge in [0.15, 0.2) is 5.69 Å². The van der Waals surface area contributed by atoms with Crippen LogP contribution in [0.3, 0.4) is 0 Å². The molecule has 0 atom stereocenters. The van der Waals surface area contributed by atoms with Gasteiger partial charge in [0.05, 0.1) is 7.11 Å². The Balaban J connectivity index is 1.47. The van der Waals surface area contributed by atoms with Crippen LogP contribution in [0.4, 0.5) is 5.82 Å². The summed E-state index contributed by atoms with van der Waals surface area (Å²) in [6.45, 7) is 0.732. The number of hydrogen-bond acceptors (Lipinski definition) is 5. The van der Waals surface area contributed by atoms with Gasteiger partial charge in [-0.05, 0) is 49.1 Å². The number of amides is 1. The summed E-state index contributed by atoms with van der Waals surface area (Å²) in [5.41, 5.74) is 1.56. The molecular formula is C21H28N4O2. The number of carbonyl (C=O) groups is 1. The van der Waals surface area contributed by atoms with Crippen molar-refractivity contribution < 1.29 is 9.53 Å². The van der Waals surface area contributed by atoms with Crippen molar-refractivity contribution in [3.8, 4) is 5.75 Å². The first-order valence-electron chi connectivity index (χ1n) is 9.76. The van der Waals surface area contributed by atoms with E-state index in [9.17, 15) is 4.79 Å².